The zero-order valence-electron chi connectivity index (χ0n) is 12.4. The van der Waals surface area contributed by atoms with Gasteiger partial charge in [0.15, 0.2) is 0 Å². The molecule has 1 atom stereocenters. The van der Waals surface area contributed by atoms with Crippen LogP contribution in [-0.4, -0.2) is 48.6 Å². The minimum Gasteiger partial charge on any atom is -0.350 e. The topological polar surface area (TPSA) is 44.4 Å². The number of hydrogen-bond acceptors (Lipinski definition) is 3. The van der Waals surface area contributed by atoms with Gasteiger partial charge in [0.1, 0.15) is 0 Å². The van der Waals surface area contributed by atoms with E-state index in [-0.39, 0.29) is 11.4 Å². The highest BCUT2D eigenvalue weighted by molar-refractivity contribution is 5.78. The molecule has 0 saturated carbocycles. The van der Waals surface area contributed by atoms with Crippen molar-refractivity contribution in [2.75, 3.05) is 26.2 Å². The molecule has 0 aromatic heterocycles. The lowest BCUT2D eigenvalue weighted by atomic mass is 10.0. The molecule has 1 unspecified atom stereocenters. The summed E-state index contributed by atoms with van der Waals surface area (Å²) in [5, 5.41) is 6.33. The molecule has 0 aromatic carbocycles. The molecule has 106 valence electrons. The van der Waals surface area contributed by atoms with Crippen molar-refractivity contribution in [3.8, 4) is 0 Å². The second-order valence-electron chi connectivity index (χ2n) is 5.84. The lowest BCUT2D eigenvalue weighted by Gasteiger charge is -2.26. The minimum atomic E-state index is -0.0957. The number of likely N-dealkylation sites (tertiary alicyclic amines) is 1. The predicted molar refractivity (Wildman–Crippen MR) is 75.7 cm³/mol. The van der Waals surface area contributed by atoms with Crippen LogP contribution in [0.25, 0.3) is 0 Å². The summed E-state index contributed by atoms with van der Waals surface area (Å²) < 4.78 is 0. The van der Waals surface area contributed by atoms with E-state index in [9.17, 15) is 4.79 Å². The molecule has 1 rings (SSSR count). The smallest absolute Gasteiger partial charge is 0.234 e. The molecule has 0 bridgehead atoms. The average molecular weight is 255 g/mol. The van der Waals surface area contributed by atoms with Gasteiger partial charge < -0.3 is 10.6 Å². The largest absolute Gasteiger partial charge is 0.350 e. The van der Waals surface area contributed by atoms with Crippen molar-refractivity contribution in [2.24, 2.45) is 0 Å². The van der Waals surface area contributed by atoms with Crippen LogP contribution in [0, 0.1) is 0 Å². The fourth-order valence-electron chi connectivity index (χ4n) is 2.40. The summed E-state index contributed by atoms with van der Waals surface area (Å²) in [6.45, 7) is 12.1. The van der Waals surface area contributed by atoms with E-state index in [1.165, 1.54) is 19.4 Å². The Morgan fingerprint density at radius 2 is 2.11 bits per heavy atom. The van der Waals surface area contributed by atoms with Crippen molar-refractivity contribution in [1.82, 2.24) is 15.5 Å². The van der Waals surface area contributed by atoms with Crippen LogP contribution in [0.4, 0.5) is 0 Å². The zero-order chi connectivity index (χ0) is 13.6. The number of carbonyl (C=O) groups excluding carboxylic acids is 1. The Bertz CT molecular complexity index is 266. The molecule has 1 aliphatic heterocycles. The van der Waals surface area contributed by atoms with Gasteiger partial charge in [0.2, 0.25) is 5.91 Å². The molecule has 0 aromatic rings. The molecule has 2 N–H and O–H groups in total. The number of carbonyl (C=O) groups is 1. The van der Waals surface area contributed by atoms with Crippen molar-refractivity contribution in [3.05, 3.63) is 0 Å². The van der Waals surface area contributed by atoms with Crippen LogP contribution >= 0.6 is 0 Å². The highest BCUT2D eigenvalue weighted by Gasteiger charge is 2.23. The van der Waals surface area contributed by atoms with Gasteiger partial charge in [0, 0.05) is 18.1 Å². The Kier molecular flexibility index (Phi) is 6.09. The van der Waals surface area contributed by atoms with Crippen molar-refractivity contribution in [1.29, 1.82) is 0 Å². The number of nitrogens with zero attached hydrogens (tertiary/aromatic N) is 1. The summed E-state index contributed by atoms with van der Waals surface area (Å²) in [7, 11) is 0. The van der Waals surface area contributed by atoms with Crippen LogP contribution in [0.3, 0.4) is 0 Å². The Morgan fingerprint density at radius 3 is 2.72 bits per heavy atom. The molecule has 1 fully saturated rings. The number of hydrogen-bond donors (Lipinski definition) is 2. The molecular formula is C14H29N3O. The van der Waals surface area contributed by atoms with Crippen LogP contribution < -0.4 is 10.6 Å². The first-order valence-corrected chi connectivity index (χ1v) is 7.24. The van der Waals surface area contributed by atoms with Gasteiger partial charge in [-0.3, -0.25) is 9.69 Å². The van der Waals surface area contributed by atoms with Gasteiger partial charge in [-0.05, 0) is 46.2 Å². The Morgan fingerprint density at radius 1 is 1.39 bits per heavy atom. The third kappa shape index (κ3) is 4.94. The van der Waals surface area contributed by atoms with Gasteiger partial charge in [-0.15, -0.1) is 0 Å². The molecule has 1 amide bonds. The summed E-state index contributed by atoms with van der Waals surface area (Å²) in [5.41, 5.74) is -0.0957. The maximum absolute atomic E-state index is 11.8. The molecule has 0 spiro atoms. The van der Waals surface area contributed by atoms with E-state index in [2.05, 4.69) is 43.2 Å². The molecule has 0 aliphatic carbocycles. The van der Waals surface area contributed by atoms with Crippen molar-refractivity contribution < 1.29 is 4.79 Å². The summed E-state index contributed by atoms with van der Waals surface area (Å²) in [6.07, 6.45) is 3.49. The Balaban J connectivity index is 2.19. The average Bonchev–Trinajstić information content (AvgIpc) is 2.76. The quantitative estimate of drug-likeness (QED) is 0.722. The third-order valence-corrected chi connectivity index (χ3v) is 3.93. The monoisotopic (exact) mass is 255 g/mol. The predicted octanol–water partition coefficient (Wildman–Crippen LogP) is 1.37. The maximum atomic E-state index is 11.8. The molecule has 1 heterocycles. The van der Waals surface area contributed by atoms with Crippen LogP contribution in [0.5, 0.6) is 0 Å². The molecular weight excluding hydrogens is 226 g/mol. The Labute approximate surface area is 111 Å². The molecule has 0 radical (unpaired) electrons. The number of likely N-dealkylation sites (N-methyl/N-ethyl adjacent to an activating group) is 1. The summed E-state index contributed by atoms with van der Waals surface area (Å²) in [4.78, 5) is 14.2. The second-order valence-corrected chi connectivity index (χ2v) is 5.84. The van der Waals surface area contributed by atoms with Crippen LogP contribution in [0.15, 0.2) is 0 Å². The number of amides is 1. The fraction of sp³-hybridized carbons (Fsp3) is 0.929. The van der Waals surface area contributed by atoms with E-state index in [0.29, 0.717) is 12.6 Å². The highest BCUT2D eigenvalue weighted by Crippen LogP contribution is 2.15. The van der Waals surface area contributed by atoms with Crippen molar-refractivity contribution in [3.63, 3.8) is 0 Å². The first-order valence-electron chi connectivity index (χ1n) is 7.24. The number of rotatable bonds is 7. The van der Waals surface area contributed by atoms with Crippen LogP contribution in [0.1, 0.15) is 47.0 Å². The lowest BCUT2D eigenvalue weighted by Crippen LogP contribution is -2.48. The van der Waals surface area contributed by atoms with Gasteiger partial charge >= 0.3 is 0 Å². The van der Waals surface area contributed by atoms with E-state index in [4.69, 9.17) is 0 Å². The standard InChI is InChI=1S/C14H29N3O/c1-5-14(3,4)16-13(18)11-15-10-12-8-7-9-17(12)6-2/h12,15H,5-11H2,1-4H3,(H,16,18). The third-order valence-electron chi connectivity index (χ3n) is 3.93. The first kappa shape index (κ1) is 15.4. The molecule has 1 aliphatic rings. The van der Waals surface area contributed by atoms with Crippen molar-refractivity contribution >= 4 is 5.91 Å². The fourth-order valence-corrected chi connectivity index (χ4v) is 2.40. The van der Waals surface area contributed by atoms with E-state index >= 15 is 0 Å². The van der Waals surface area contributed by atoms with Gasteiger partial charge in [0.05, 0.1) is 6.54 Å². The summed E-state index contributed by atoms with van der Waals surface area (Å²) in [6, 6.07) is 0.613. The van der Waals surface area contributed by atoms with Crippen LogP contribution in [-0.2, 0) is 4.79 Å². The highest BCUT2D eigenvalue weighted by atomic mass is 16.2. The molecule has 4 heteroatoms. The number of nitrogens with one attached hydrogen (secondary N) is 2. The molecule has 4 nitrogen and oxygen atoms in total. The summed E-state index contributed by atoms with van der Waals surface area (Å²) in [5.74, 6) is 0.0999. The SMILES string of the molecule is CCN1CCCC1CNCC(=O)NC(C)(C)CC. The Hall–Kier alpha value is -0.610. The van der Waals surface area contributed by atoms with Gasteiger partial charge in [-0.2, -0.15) is 0 Å². The van der Waals surface area contributed by atoms with Crippen LogP contribution in [0.2, 0.25) is 0 Å². The lowest BCUT2D eigenvalue weighted by molar-refractivity contribution is -0.121. The normalized spacial score (nSPS) is 21.2. The van der Waals surface area contributed by atoms with Gasteiger partial charge in [0.25, 0.3) is 0 Å². The van der Waals surface area contributed by atoms with E-state index in [1.807, 2.05) is 0 Å². The molecule has 1 saturated heterocycles. The molecule has 18 heavy (non-hydrogen) atoms. The van der Waals surface area contributed by atoms with E-state index < -0.39 is 0 Å². The van der Waals surface area contributed by atoms with E-state index in [0.717, 1.165) is 19.5 Å². The second kappa shape index (κ2) is 7.10. The van der Waals surface area contributed by atoms with Crippen molar-refractivity contribution in [2.45, 2.75) is 58.5 Å². The minimum absolute atomic E-state index is 0.0957. The van der Waals surface area contributed by atoms with Gasteiger partial charge in [-0.1, -0.05) is 13.8 Å². The van der Waals surface area contributed by atoms with Gasteiger partial charge in [-0.25, -0.2) is 0 Å². The zero-order valence-corrected chi connectivity index (χ0v) is 12.4. The van der Waals surface area contributed by atoms with E-state index in [1.54, 1.807) is 0 Å². The maximum Gasteiger partial charge on any atom is 0.234 e. The first-order chi connectivity index (χ1) is 8.48. The summed E-state index contributed by atoms with van der Waals surface area (Å²) >= 11 is 0.